The Morgan fingerprint density at radius 1 is 1.11 bits per heavy atom. The molecule has 0 bridgehead atoms. The van der Waals surface area contributed by atoms with E-state index in [2.05, 4.69) is 25.3 Å². The Balaban J connectivity index is 1.34. The molecule has 0 spiro atoms. The molecule has 0 saturated heterocycles. The number of pyridine rings is 1. The highest BCUT2D eigenvalue weighted by Gasteiger charge is 2.29. The molecule has 1 atom stereocenters. The normalized spacial score (nSPS) is 13.4. The molecule has 0 amide bonds. The van der Waals surface area contributed by atoms with Gasteiger partial charge in [-0.05, 0) is 47.3 Å². The molecular weight excluding hydrogens is 761 g/mol. The number of carbonyl (C=O) groups excluding carboxylic acids is 1. The summed E-state index contributed by atoms with van der Waals surface area (Å²) in [5.41, 5.74) is 2.37. The molecule has 1 aliphatic heterocycles. The highest BCUT2D eigenvalue weighted by atomic mass is 35.5. The highest BCUT2D eigenvalue weighted by Crippen LogP contribution is 2.45. The predicted octanol–water partition coefficient (Wildman–Crippen LogP) is 6.63. The lowest BCUT2D eigenvalue weighted by atomic mass is 10.00. The number of benzene rings is 2. The second-order valence-electron chi connectivity index (χ2n) is 13.7. The van der Waals surface area contributed by atoms with Crippen molar-refractivity contribution in [3.05, 3.63) is 126 Å². The summed E-state index contributed by atoms with van der Waals surface area (Å²) in [6.07, 6.45) is 9.95. The summed E-state index contributed by atoms with van der Waals surface area (Å²) < 4.78 is 12.9. The number of hydrogen-bond donors (Lipinski definition) is 1. The molecule has 17 heteroatoms. The van der Waals surface area contributed by atoms with Gasteiger partial charge in [-0.1, -0.05) is 52.5 Å². The number of rotatable bonds is 15. The van der Waals surface area contributed by atoms with E-state index in [1.807, 2.05) is 45.3 Å². The van der Waals surface area contributed by atoms with Crippen molar-refractivity contribution < 1.29 is 23.7 Å². The van der Waals surface area contributed by atoms with E-state index in [9.17, 15) is 19.7 Å². The maximum absolute atomic E-state index is 14.7. The molecule has 15 nitrogen and oxygen atoms in total. The SMILES string of the molecule is COc1cc(OC)c(Cl)c(-c2cc3cnc(Nc4ccncn4)nc3n(C(C)c3cccc(CC(=O)/C=C/C[N+](C)(C)CC4=C([N+](=O)[O-])N=CC4)c3)c2=O)c1Cl. The van der Waals surface area contributed by atoms with Crippen LogP contribution in [0.15, 0.2) is 94.5 Å². The first-order valence-electron chi connectivity index (χ1n) is 17.3. The van der Waals surface area contributed by atoms with Gasteiger partial charge in [0, 0.05) is 42.3 Å². The fraction of sp³-hybridized carbons (Fsp3) is 0.256. The third-order valence-electron chi connectivity index (χ3n) is 9.20. The summed E-state index contributed by atoms with van der Waals surface area (Å²) in [6.45, 7) is 2.76. The van der Waals surface area contributed by atoms with Gasteiger partial charge in [0.05, 0.1) is 62.1 Å². The van der Waals surface area contributed by atoms with Crippen LogP contribution in [0.25, 0.3) is 22.2 Å². The van der Waals surface area contributed by atoms with E-state index in [1.165, 1.54) is 31.2 Å². The summed E-state index contributed by atoms with van der Waals surface area (Å²) in [6, 6.07) is 11.6. The fourth-order valence-electron chi connectivity index (χ4n) is 6.48. The Labute approximate surface area is 331 Å². The number of aromatic nitrogens is 5. The Bertz CT molecular complexity index is 2460. The standard InChI is InChI=1S/C39H37Cl2N9O6/c1-23(25-9-6-8-24(16-25)17-28(51)10-7-15-50(2,3)21-26-11-14-43-36(26)49(53)54)48-37-27(20-44-39(47-37)46-32-12-13-42-22-45-32)18-29(38(48)52)33-34(40)30(55-4)19-31(56-5)35(33)41/h6-10,12-14,16,18-20,22-23H,11,15,17,21H2,1-5H3/p+1/b10-7+. The molecule has 1 aliphatic rings. The van der Waals surface area contributed by atoms with Crippen molar-refractivity contribution in [2.24, 2.45) is 4.99 Å². The number of carbonyl (C=O) groups is 1. The number of methoxy groups -OCH3 is 2. The van der Waals surface area contributed by atoms with Crippen LogP contribution < -0.4 is 20.3 Å². The lowest BCUT2D eigenvalue weighted by molar-refractivity contribution is -0.880. The first-order valence-corrected chi connectivity index (χ1v) is 18.1. The average molecular weight is 800 g/mol. The molecule has 4 heterocycles. The van der Waals surface area contributed by atoms with E-state index in [1.54, 1.807) is 42.9 Å². The minimum atomic E-state index is -0.613. The van der Waals surface area contributed by atoms with Crippen molar-refractivity contribution in [1.29, 1.82) is 0 Å². The molecule has 0 radical (unpaired) electrons. The zero-order valence-corrected chi connectivity index (χ0v) is 32.7. The molecule has 0 aliphatic carbocycles. The zero-order valence-electron chi connectivity index (χ0n) is 31.2. The summed E-state index contributed by atoms with van der Waals surface area (Å²) in [5, 5.41) is 15.1. The van der Waals surface area contributed by atoms with Gasteiger partial charge < -0.3 is 29.4 Å². The maximum Gasteiger partial charge on any atom is 0.368 e. The second kappa shape index (κ2) is 16.8. The molecular formula is C39H38Cl2N9O6+. The van der Waals surface area contributed by atoms with Crippen molar-refractivity contribution in [1.82, 2.24) is 24.5 Å². The monoisotopic (exact) mass is 798 g/mol. The molecule has 288 valence electrons. The summed E-state index contributed by atoms with van der Waals surface area (Å²) in [4.78, 5) is 60.1. The van der Waals surface area contributed by atoms with E-state index >= 15 is 0 Å². The molecule has 0 saturated carbocycles. The van der Waals surface area contributed by atoms with Crippen LogP contribution in [0.3, 0.4) is 0 Å². The fourth-order valence-corrected chi connectivity index (χ4v) is 7.18. The minimum absolute atomic E-state index is 0.104. The van der Waals surface area contributed by atoms with Crippen molar-refractivity contribution in [3.63, 3.8) is 0 Å². The largest absolute Gasteiger partial charge is 0.495 e. The van der Waals surface area contributed by atoms with Crippen molar-refractivity contribution in [3.8, 4) is 22.6 Å². The van der Waals surface area contributed by atoms with E-state index < -0.39 is 16.5 Å². The van der Waals surface area contributed by atoms with Crippen LogP contribution in [0.1, 0.15) is 30.5 Å². The molecule has 0 fully saturated rings. The van der Waals surface area contributed by atoms with E-state index in [4.69, 9.17) is 37.7 Å². The Morgan fingerprint density at radius 2 is 1.86 bits per heavy atom. The van der Waals surface area contributed by atoms with Crippen LogP contribution in [-0.2, 0) is 11.2 Å². The van der Waals surface area contributed by atoms with Crippen LogP contribution in [0, 0.1) is 10.1 Å². The zero-order chi connectivity index (χ0) is 40.1. The first kappa shape index (κ1) is 39.7. The van der Waals surface area contributed by atoms with Gasteiger partial charge in [-0.25, -0.2) is 15.0 Å². The summed E-state index contributed by atoms with van der Waals surface area (Å²) in [5.74, 6) is 0.954. The number of nitrogens with zero attached hydrogens (tertiary/aromatic N) is 8. The number of ether oxygens (including phenoxy) is 2. The van der Waals surface area contributed by atoms with E-state index in [0.29, 0.717) is 46.4 Å². The predicted molar refractivity (Wildman–Crippen MR) is 215 cm³/mol. The highest BCUT2D eigenvalue weighted by molar-refractivity contribution is 6.41. The topological polar surface area (TPSA) is 177 Å². The Kier molecular flexibility index (Phi) is 11.9. The number of hydrogen-bond acceptors (Lipinski definition) is 12. The first-order chi connectivity index (χ1) is 26.8. The quantitative estimate of drug-likeness (QED) is 0.0520. The van der Waals surface area contributed by atoms with Crippen molar-refractivity contribution >= 4 is 58.0 Å². The molecule has 1 unspecified atom stereocenters. The summed E-state index contributed by atoms with van der Waals surface area (Å²) in [7, 11) is 6.78. The number of likely N-dealkylation sites (N-methyl/N-ethyl adjacent to an activating group) is 1. The number of fused-ring (bicyclic) bond motifs is 1. The van der Waals surface area contributed by atoms with Gasteiger partial charge in [0.1, 0.15) is 42.1 Å². The van der Waals surface area contributed by atoms with Crippen LogP contribution in [0.2, 0.25) is 10.0 Å². The number of anilines is 2. The van der Waals surface area contributed by atoms with Crippen LogP contribution in [0.4, 0.5) is 11.8 Å². The number of ketones is 1. The molecule has 1 N–H and O–H groups in total. The number of quaternary nitrogens is 1. The number of nitro groups is 1. The van der Waals surface area contributed by atoms with Gasteiger partial charge in [0.2, 0.25) is 5.95 Å². The van der Waals surface area contributed by atoms with Crippen molar-refractivity contribution in [2.75, 3.05) is 46.7 Å². The van der Waals surface area contributed by atoms with Gasteiger partial charge >= 0.3 is 5.82 Å². The number of aliphatic imine (C=N–C) groups is 1. The maximum atomic E-state index is 14.7. The second-order valence-corrected chi connectivity index (χ2v) is 14.4. The molecule has 6 rings (SSSR count). The number of nitrogens with one attached hydrogen (secondary N) is 1. The van der Waals surface area contributed by atoms with Crippen LogP contribution >= 0.6 is 23.2 Å². The van der Waals surface area contributed by atoms with Gasteiger partial charge in [0.25, 0.3) is 5.56 Å². The lowest BCUT2D eigenvalue weighted by Crippen LogP contribution is -2.41. The minimum Gasteiger partial charge on any atom is -0.495 e. The van der Waals surface area contributed by atoms with Gasteiger partial charge in [-0.3, -0.25) is 14.2 Å². The smallest absolute Gasteiger partial charge is 0.368 e. The molecule has 2 aromatic carbocycles. The van der Waals surface area contributed by atoms with Crippen LogP contribution in [-0.4, -0.2) is 87.3 Å². The third-order valence-corrected chi connectivity index (χ3v) is 9.95. The third kappa shape index (κ3) is 8.59. The van der Waals surface area contributed by atoms with Gasteiger partial charge in [-0.2, -0.15) is 4.98 Å². The molecule has 56 heavy (non-hydrogen) atoms. The Hall–Kier alpha value is -6.03. The average Bonchev–Trinajstić information content (AvgIpc) is 3.63. The van der Waals surface area contributed by atoms with Gasteiger partial charge in [0.15, 0.2) is 5.78 Å². The van der Waals surface area contributed by atoms with Gasteiger partial charge in [-0.15, -0.1) is 0 Å². The molecule has 3 aromatic heterocycles. The lowest BCUT2D eigenvalue weighted by Gasteiger charge is -2.28. The number of halogens is 2. The van der Waals surface area contributed by atoms with Crippen molar-refractivity contribution in [2.45, 2.75) is 25.8 Å². The van der Waals surface area contributed by atoms with Crippen LogP contribution in [0.5, 0.6) is 11.5 Å². The van der Waals surface area contributed by atoms with E-state index in [0.717, 1.165) is 11.1 Å². The molecule has 5 aromatic rings. The summed E-state index contributed by atoms with van der Waals surface area (Å²) >= 11 is 13.6. The number of allylic oxidation sites excluding steroid dienone is 1. The van der Waals surface area contributed by atoms with E-state index in [-0.39, 0.29) is 56.6 Å². The Morgan fingerprint density at radius 3 is 2.54 bits per heavy atom.